The second-order valence-electron chi connectivity index (χ2n) is 4.01. The van der Waals surface area contributed by atoms with Gasteiger partial charge in [-0.15, -0.1) is 0 Å². The van der Waals surface area contributed by atoms with Gasteiger partial charge >= 0.3 is 0 Å². The summed E-state index contributed by atoms with van der Waals surface area (Å²) in [6, 6.07) is 0.580. The van der Waals surface area contributed by atoms with E-state index in [1.54, 1.807) is 5.56 Å². The summed E-state index contributed by atoms with van der Waals surface area (Å²) < 4.78 is 0. The van der Waals surface area contributed by atoms with Crippen molar-refractivity contribution in [2.24, 2.45) is 0 Å². The minimum Gasteiger partial charge on any atom is -0.310 e. The monoisotopic (exact) mass is 206 g/mol. The lowest BCUT2D eigenvalue weighted by Crippen LogP contribution is -2.14. The maximum Gasteiger partial charge on any atom is 0.0339 e. The lowest BCUT2D eigenvalue weighted by Gasteiger charge is -2.13. The zero-order valence-electron chi connectivity index (χ0n) is 8.12. The average molecular weight is 206 g/mol. The van der Waals surface area contributed by atoms with Crippen molar-refractivity contribution in [1.29, 1.82) is 0 Å². The number of pyridine rings is 1. The molecule has 3 rings (SSSR count). The zero-order valence-corrected chi connectivity index (χ0v) is 8.94. The molecule has 0 bridgehead atoms. The highest BCUT2D eigenvalue weighted by molar-refractivity contribution is 7.98. The molecule has 2 nitrogen and oxygen atoms in total. The van der Waals surface area contributed by atoms with Gasteiger partial charge in [-0.3, -0.25) is 4.98 Å². The van der Waals surface area contributed by atoms with Gasteiger partial charge in [-0.1, -0.05) is 0 Å². The molecule has 1 aromatic heterocycles. The Morgan fingerprint density at radius 1 is 1.36 bits per heavy atom. The number of hydrogen-bond donors (Lipinski definition) is 1. The Kier molecular flexibility index (Phi) is 2.22. The van der Waals surface area contributed by atoms with E-state index in [4.69, 9.17) is 0 Å². The van der Waals surface area contributed by atoms with Crippen LogP contribution >= 0.6 is 11.8 Å². The van der Waals surface area contributed by atoms with Crippen LogP contribution in [-0.2, 0) is 11.5 Å². The van der Waals surface area contributed by atoms with Crippen LogP contribution in [0.5, 0.6) is 0 Å². The highest BCUT2D eigenvalue weighted by Gasteiger charge is 2.23. The SMILES string of the molecule is c1ncc(C2CCCN2)c2c1CSC2. The zero-order chi connectivity index (χ0) is 9.38. The van der Waals surface area contributed by atoms with Crippen LogP contribution in [0.4, 0.5) is 0 Å². The van der Waals surface area contributed by atoms with Crippen LogP contribution in [0.15, 0.2) is 12.4 Å². The number of aromatic nitrogens is 1. The second kappa shape index (κ2) is 3.55. The van der Waals surface area contributed by atoms with E-state index in [0.29, 0.717) is 6.04 Å². The van der Waals surface area contributed by atoms with E-state index in [1.807, 2.05) is 18.0 Å². The molecule has 2 aliphatic rings. The smallest absolute Gasteiger partial charge is 0.0339 e. The number of thioether (sulfide) groups is 1. The summed E-state index contributed by atoms with van der Waals surface area (Å²) in [5.74, 6) is 2.34. The summed E-state index contributed by atoms with van der Waals surface area (Å²) in [5.41, 5.74) is 4.48. The van der Waals surface area contributed by atoms with Gasteiger partial charge in [0.15, 0.2) is 0 Å². The summed E-state index contributed by atoms with van der Waals surface area (Å²) in [7, 11) is 0. The standard InChI is InChI=1S/C11H14N2S/c1-2-11(13-3-1)9-5-12-4-8-6-14-7-10(8)9/h4-5,11,13H,1-3,6-7H2. The van der Waals surface area contributed by atoms with Gasteiger partial charge in [-0.2, -0.15) is 11.8 Å². The van der Waals surface area contributed by atoms with Crippen molar-refractivity contribution in [3.8, 4) is 0 Å². The maximum absolute atomic E-state index is 4.35. The first-order chi connectivity index (χ1) is 6.95. The molecule has 2 aliphatic heterocycles. The summed E-state index contributed by atoms with van der Waals surface area (Å²) in [4.78, 5) is 4.35. The summed E-state index contributed by atoms with van der Waals surface area (Å²) in [6.07, 6.45) is 6.69. The molecule has 1 unspecified atom stereocenters. The lowest BCUT2D eigenvalue weighted by molar-refractivity contribution is 0.640. The molecule has 0 aromatic carbocycles. The number of nitrogens with one attached hydrogen (secondary N) is 1. The van der Waals surface area contributed by atoms with Gasteiger partial charge in [-0.05, 0) is 36.1 Å². The van der Waals surface area contributed by atoms with Gasteiger partial charge in [0.25, 0.3) is 0 Å². The lowest BCUT2D eigenvalue weighted by atomic mass is 10.00. The van der Waals surface area contributed by atoms with Gasteiger partial charge in [0, 0.05) is 29.9 Å². The van der Waals surface area contributed by atoms with Gasteiger partial charge in [0.05, 0.1) is 0 Å². The molecule has 3 heterocycles. The van der Waals surface area contributed by atoms with Gasteiger partial charge in [0.1, 0.15) is 0 Å². The number of hydrogen-bond acceptors (Lipinski definition) is 3. The van der Waals surface area contributed by atoms with Crippen molar-refractivity contribution in [3.05, 3.63) is 29.1 Å². The molecule has 1 fully saturated rings. The minimum atomic E-state index is 0.580. The summed E-state index contributed by atoms with van der Waals surface area (Å²) >= 11 is 2.01. The molecule has 0 saturated carbocycles. The topological polar surface area (TPSA) is 24.9 Å². The van der Waals surface area contributed by atoms with E-state index >= 15 is 0 Å². The van der Waals surface area contributed by atoms with Crippen molar-refractivity contribution in [3.63, 3.8) is 0 Å². The number of fused-ring (bicyclic) bond motifs is 1. The Bertz CT molecular complexity index is 345. The van der Waals surface area contributed by atoms with Crippen molar-refractivity contribution in [2.75, 3.05) is 6.54 Å². The molecule has 0 radical (unpaired) electrons. The molecule has 0 spiro atoms. The molecule has 14 heavy (non-hydrogen) atoms. The molecular weight excluding hydrogens is 192 g/mol. The second-order valence-corrected chi connectivity index (χ2v) is 4.99. The van der Waals surface area contributed by atoms with Crippen molar-refractivity contribution in [2.45, 2.75) is 30.4 Å². The van der Waals surface area contributed by atoms with Crippen LogP contribution in [0, 0.1) is 0 Å². The third-order valence-electron chi connectivity index (χ3n) is 3.12. The van der Waals surface area contributed by atoms with Crippen molar-refractivity contribution in [1.82, 2.24) is 10.3 Å². The van der Waals surface area contributed by atoms with Gasteiger partial charge in [0.2, 0.25) is 0 Å². The fourth-order valence-corrected chi connectivity index (χ4v) is 3.49. The molecule has 0 amide bonds. The van der Waals surface area contributed by atoms with Crippen molar-refractivity contribution < 1.29 is 0 Å². The van der Waals surface area contributed by atoms with Crippen LogP contribution in [-0.4, -0.2) is 11.5 Å². The van der Waals surface area contributed by atoms with E-state index in [-0.39, 0.29) is 0 Å². The predicted molar refractivity (Wildman–Crippen MR) is 59.2 cm³/mol. The fraction of sp³-hybridized carbons (Fsp3) is 0.545. The normalized spacial score (nSPS) is 25.3. The number of nitrogens with zero attached hydrogens (tertiary/aromatic N) is 1. The largest absolute Gasteiger partial charge is 0.310 e. The van der Waals surface area contributed by atoms with Gasteiger partial charge < -0.3 is 5.32 Å². The maximum atomic E-state index is 4.35. The number of rotatable bonds is 1. The average Bonchev–Trinajstić information content (AvgIpc) is 2.88. The third kappa shape index (κ3) is 1.35. The Morgan fingerprint density at radius 3 is 3.21 bits per heavy atom. The Hall–Kier alpha value is -0.540. The molecule has 1 N–H and O–H groups in total. The predicted octanol–water partition coefficient (Wildman–Crippen LogP) is 2.25. The molecule has 74 valence electrons. The van der Waals surface area contributed by atoms with Gasteiger partial charge in [-0.25, -0.2) is 0 Å². The molecular formula is C11H14N2S. The molecule has 0 aliphatic carbocycles. The minimum absolute atomic E-state index is 0.580. The first-order valence-corrected chi connectivity index (χ1v) is 6.37. The quantitative estimate of drug-likeness (QED) is 0.763. The van der Waals surface area contributed by atoms with Crippen LogP contribution in [0.25, 0.3) is 0 Å². The third-order valence-corrected chi connectivity index (χ3v) is 4.13. The fourth-order valence-electron chi connectivity index (χ4n) is 2.36. The summed E-state index contributed by atoms with van der Waals surface area (Å²) in [6.45, 7) is 1.17. The van der Waals surface area contributed by atoms with E-state index in [9.17, 15) is 0 Å². The van der Waals surface area contributed by atoms with E-state index in [1.165, 1.54) is 36.3 Å². The van der Waals surface area contributed by atoms with Crippen LogP contribution in [0.2, 0.25) is 0 Å². The van der Waals surface area contributed by atoms with E-state index < -0.39 is 0 Å². The van der Waals surface area contributed by atoms with Crippen molar-refractivity contribution >= 4 is 11.8 Å². The highest BCUT2D eigenvalue weighted by Crippen LogP contribution is 2.35. The molecule has 1 saturated heterocycles. The first kappa shape index (κ1) is 8.74. The van der Waals surface area contributed by atoms with Crippen LogP contribution in [0.3, 0.4) is 0 Å². The first-order valence-electron chi connectivity index (χ1n) is 5.22. The molecule has 1 atom stereocenters. The Labute approximate surface area is 88.5 Å². The summed E-state index contributed by atoms with van der Waals surface area (Å²) in [5, 5.41) is 3.55. The van der Waals surface area contributed by atoms with Crippen LogP contribution < -0.4 is 5.32 Å². The highest BCUT2D eigenvalue weighted by atomic mass is 32.2. The Morgan fingerprint density at radius 2 is 2.36 bits per heavy atom. The van der Waals surface area contributed by atoms with Crippen LogP contribution in [0.1, 0.15) is 35.6 Å². The van der Waals surface area contributed by atoms with E-state index in [2.05, 4.69) is 16.5 Å². The molecule has 3 heteroatoms. The van der Waals surface area contributed by atoms with E-state index in [0.717, 1.165) is 5.75 Å². The molecule has 1 aromatic rings. The Balaban J connectivity index is 2.00.